The van der Waals surface area contributed by atoms with Gasteiger partial charge in [-0.05, 0) is 19.9 Å². The zero-order valence-electron chi connectivity index (χ0n) is 6.89. The van der Waals surface area contributed by atoms with Crippen LogP contribution in [0.5, 0.6) is 0 Å². The van der Waals surface area contributed by atoms with Gasteiger partial charge in [-0.15, -0.1) is 0 Å². The summed E-state index contributed by atoms with van der Waals surface area (Å²) in [5.74, 6) is 0. The van der Waals surface area contributed by atoms with E-state index in [0.717, 1.165) is 22.6 Å². The van der Waals surface area contributed by atoms with E-state index in [1.54, 1.807) is 0 Å². The van der Waals surface area contributed by atoms with Gasteiger partial charge in [0.2, 0.25) is 0 Å². The van der Waals surface area contributed by atoms with Crippen LogP contribution in [-0.4, -0.2) is 4.98 Å². The van der Waals surface area contributed by atoms with Gasteiger partial charge in [0.15, 0.2) is 0 Å². The van der Waals surface area contributed by atoms with Crippen LogP contribution in [0.3, 0.4) is 0 Å². The molecule has 0 radical (unpaired) electrons. The molecule has 0 aliphatic heterocycles. The highest BCUT2D eigenvalue weighted by Crippen LogP contribution is 2.14. The lowest BCUT2D eigenvalue weighted by molar-refractivity contribution is 0.995. The van der Waals surface area contributed by atoms with Gasteiger partial charge in [-0.3, -0.25) is 4.98 Å². The van der Waals surface area contributed by atoms with Crippen molar-refractivity contribution in [2.45, 2.75) is 20.4 Å². The molecule has 0 saturated carbocycles. The first-order valence-electron chi connectivity index (χ1n) is 3.58. The summed E-state index contributed by atoms with van der Waals surface area (Å²) < 4.78 is 0. The van der Waals surface area contributed by atoms with Gasteiger partial charge in [-0.25, -0.2) is 0 Å². The predicted octanol–water partition coefficient (Wildman–Crippen LogP) is 0.739. The molecule has 0 unspecified atom stereocenters. The van der Waals surface area contributed by atoms with Crippen molar-refractivity contribution in [3.05, 3.63) is 23.0 Å². The van der Waals surface area contributed by atoms with Crippen molar-refractivity contribution >= 4 is 5.69 Å². The van der Waals surface area contributed by atoms with Gasteiger partial charge in [0, 0.05) is 29.2 Å². The number of hydrogen-bond acceptors (Lipinski definition) is 3. The summed E-state index contributed by atoms with van der Waals surface area (Å²) in [7, 11) is 0. The van der Waals surface area contributed by atoms with Crippen molar-refractivity contribution in [3.8, 4) is 0 Å². The van der Waals surface area contributed by atoms with Crippen LogP contribution in [0.25, 0.3) is 0 Å². The fraction of sp³-hybridized carbons (Fsp3) is 0.375. The number of anilines is 1. The highest BCUT2D eigenvalue weighted by Gasteiger charge is 2.02. The van der Waals surface area contributed by atoms with E-state index in [0.29, 0.717) is 6.54 Å². The van der Waals surface area contributed by atoms with Crippen LogP contribution in [0.4, 0.5) is 5.69 Å². The Labute approximate surface area is 66.4 Å². The summed E-state index contributed by atoms with van der Waals surface area (Å²) in [4.78, 5) is 4.25. The third-order valence-corrected chi connectivity index (χ3v) is 1.70. The maximum Gasteiger partial charge on any atom is 0.0441 e. The highest BCUT2D eigenvalue weighted by atomic mass is 14.7. The highest BCUT2D eigenvalue weighted by molar-refractivity contribution is 5.49. The average Bonchev–Trinajstić information content (AvgIpc) is 1.85. The Hall–Kier alpha value is -1.09. The topological polar surface area (TPSA) is 64.9 Å². The van der Waals surface area contributed by atoms with Gasteiger partial charge >= 0.3 is 0 Å². The van der Waals surface area contributed by atoms with Crippen molar-refractivity contribution in [1.29, 1.82) is 0 Å². The summed E-state index contributed by atoms with van der Waals surface area (Å²) in [6.45, 7) is 4.31. The van der Waals surface area contributed by atoms with E-state index >= 15 is 0 Å². The number of rotatable bonds is 1. The van der Waals surface area contributed by atoms with Crippen LogP contribution in [-0.2, 0) is 6.54 Å². The number of nitrogens with zero attached hydrogens (tertiary/aromatic N) is 1. The number of nitrogens with two attached hydrogens (primary N) is 2. The molecule has 0 aliphatic carbocycles. The van der Waals surface area contributed by atoms with Gasteiger partial charge in [0.1, 0.15) is 0 Å². The molecule has 0 saturated heterocycles. The molecule has 1 heterocycles. The molecule has 1 aromatic heterocycles. The maximum atomic E-state index is 5.71. The smallest absolute Gasteiger partial charge is 0.0441 e. The minimum atomic E-state index is 0.463. The molecule has 0 bridgehead atoms. The Morgan fingerprint density at radius 1 is 1.45 bits per heavy atom. The van der Waals surface area contributed by atoms with Crippen molar-refractivity contribution in [1.82, 2.24) is 4.98 Å². The molecular weight excluding hydrogens is 138 g/mol. The van der Waals surface area contributed by atoms with Crippen LogP contribution >= 0.6 is 0 Å². The Bertz CT molecular complexity index is 245. The maximum absolute atomic E-state index is 5.71. The van der Waals surface area contributed by atoms with E-state index in [-0.39, 0.29) is 0 Å². The lowest BCUT2D eigenvalue weighted by atomic mass is 10.1. The van der Waals surface area contributed by atoms with Crippen molar-refractivity contribution in [3.63, 3.8) is 0 Å². The summed E-state index contributed by atoms with van der Waals surface area (Å²) in [5.41, 5.74) is 14.8. The second-order valence-electron chi connectivity index (χ2n) is 2.62. The molecule has 3 nitrogen and oxygen atoms in total. The molecular formula is C8H13N3. The first-order valence-corrected chi connectivity index (χ1v) is 3.58. The quantitative estimate of drug-likeness (QED) is 0.622. The second kappa shape index (κ2) is 2.88. The fourth-order valence-electron chi connectivity index (χ4n) is 1.15. The molecule has 0 fully saturated rings. The predicted molar refractivity (Wildman–Crippen MR) is 46.0 cm³/mol. The molecule has 0 spiro atoms. The lowest BCUT2D eigenvalue weighted by Crippen LogP contribution is -2.06. The van der Waals surface area contributed by atoms with Gasteiger partial charge in [-0.2, -0.15) is 0 Å². The number of aryl methyl sites for hydroxylation is 2. The summed E-state index contributed by atoms with van der Waals surface area (Å²) in [6.07, 6.45) is 0. The van der Waals surface area contributed by atoms with Gasteiger partial charge in [-0.1, -0.05) is 0 Å². The minimum Gasteiger partial charge on any atom is -0.398 e. The zero-order valence-corrected chi connectivity index (χ0v) is 6.89. The monoisotopic (exact) mass is 151 g/mol. The molecule has 0 aliphatic rings. The van der Waals surface area contributed by atoms with E-state index in [1.807, 2.05) is 19.9 Å². The average molecular weight is 151 g/mol. The normalized spacial score (nSPS) is 10.1. The molecule has 4 N–H and O–H groups in total. The Balaban J connectivity index is 3.25. The fourth-order valence-corrected chi connectivity index (χ4v) is 1.15. The molecule has 1 rings (SSSR count). The van der Waals surface area contributed by atoms with Gasteiger partial charge in [0.25, 0.3) is 0 Å². The Morgan fingerprint density at radius 2 is 2.09 bits per heavy atom. The van der Waals surface area contributed by atoms with E-state index < -0.39 is 0 Å². The minimum absolute atomic E-state index is 0.463. The summed E-state index contributed by atoms with van der Waals surface area (Å²) in [6, 6.07) is 1.84. The second-order valence-corrected chi connectivity index (χ2v) is 2.62. The van der Waals surface area contributed by atoms with Crippen LogP contribution in [0.2, 0.25) is 0 Å². The molecule has 0 atom stereocenters. The largest absolute Gasteiger partial charge is 0.398 e. The zero-order chi connectivity index (χ0) is 8.43. The summed E-state index contributed by atoms with van der Waals surface area (Å²) >= 11 is 0. The van der Waals surface area contributed by atoms with E-state index in [2.05, 4.69) is 4.98 Å². The summed E-state index contributed by atoms with van der Waals surface area (Å²) in [5, 5.41) is 0. The standard InChI is InChI=1S/C8H13N3/c1-5-3-8(10)7(4-9)6(2)11-5/h3H,4,9H2,1-2H3,(H2,10,11). The van der Waals surface area contributed by atoms with E-state index in [1.165, 1.54) is 0 Å². The van der Waals surface area contributed by atoms with Crippen LogP contribution < -0.4 is 11.5 Å². The molecule has 3 heteroatoms. The first kappa shape index (κ1) is 8.01. The molecule has 0 amide bonds. The third-order valence-electron chi connectivity index (χ3n) is 1.70. The number of nitrogen functional groups attached to an aromatic ring is 1. The van der Waals surface area contributed by atoms with Gasteiger partial charge in [0.05, 0.1) is 0 Å². The SMILES string of the molecule is Cc1cc(N)c(CN)c(C)n1. The van der Waals surface area contributed by atoms with E-state index in [4.69, 9.17) is 11.5 Å². The number of hydrogen-bond donors (Lipinski definition) is 2. The van der Waals surface area contributed by atoms with Crippen molar-refractivity contribution < 1.29 is 0 Å². The van der Waals surface area contributed by atoms with Crippen LogP contribution in [0.1, 0.15) is 17.0 Å². The molecule has 1 aromatic rings. The lowest BCUT2D eigenvalue weighted by Gasteiger charge is -2.06. The third kappa shape index (κ3) is 1.49. The van der Waals surface area contributed by atoms with Crippen molar-refractivity contribution in [2.75, 3.05) is 5.73 Å². The van der Waals surface area contributed by atoms with E-state index in [9.17, 15) is 0 Å². The van der Waals surface area contributed by atoms with Crippen LogP contribution in [0.15, 0.2) is 6.07 Å². The molecule has 11 heavy (non-hydrogen) atoms. The number of pyridine rings is 1. The first-order chi connectivity index (χ1) is 5.15. The van der Waals surface area contributed by atoms with Crippen molar-refractivity contribution in [2.24, 2.45) is 5.73 Å². The molecule has 0 aromatic carbocycles. The Kier molecular flexibility index (Phi) is 2.10. The molecule has 60 valence electrons. The van der Waals surface area contributed by atoms with Crippen LogP contribution in [0, 0.1) is 13.8 Å². The number of aromatic nitrogens is 1. The Morgan fingerprint density at radius 3 is 2.55 bits per heavy atom. The van der Waals surface area contributed by atoms with Gasteiger partial charge < -0.3 is 11.5 Å².